The molecule has 0 saturated heterocycles. The number of nitrogens with zero attached hydrogens (tertiary/aromatic N) is 3. The zero-order chi connectivity index (χ0) is 31.4. The Balaban J connectivity index is 2.96. The number of carboxylic acid groups (broad SMARTS) is 4. The van der Waals surface area contributed by atoms with Gasteiger partial charge in [-0.25, -0.2) is 0 Å². The lowest BCUT2D eigenvalue weighted by Crippen LogP contribution is -2.45. The van der Waals surface area contributed by atoms with E-state index in [1.54, 1.807) is 4.90 Å². The summed E-state index contributed by atoms with van der Waals surface area (Å²) in [7, 11) is 0. The van der Waals surface area contributed by atoms with Crippen molar-refractivity contribution in [2.75, 3.05) is 65.4 Å². The van der Waals surface area contributed by atoms with E-state index in [-0.39, 0.29) is 57.4 Å². The average molecular weight is 605 g/mol. The van der Waals surface area contributed by atoms with E-state index in [0.717, 1.165) is 9.80 Å². The third-order valence-corrected chi connectivity index (χ3v) is 5.48. The van der Waals surface area contributed by atoms with Crippen molar-refractivity contribution in [1.82, 2.24) is 20.0 Å². The van der Waals surface area contributed by atoms with E-state index in [4.69, 9.17) is 20.4 Å². The quantitative estimate of drug-likeness (QED) is 0.113. The molecule has 232 valence electrons. The number of alkyl halides is 6. The minimum absolute atomic E-state index is 0.00520. The number of hydrogen-bond acceptors (Lipinski definition) is 8. The summed E-state index contributed by atoms with van der Waals surface area (Å²) >= 11 is 0. The maximum atomic E-state index is 13.1. The Morgan fingerprint density at radius 3 is 1.24 bits per heavy atom. The fourth-order valence-corrected chi connectivity index (χ4v) is 3.69. The van der Waals surface area contributed by atoms with Gasteiger partial charge in [0.05, 0.1) is 37.3 Å². The molecule has 41 heavy (non-hydrogen) atoms. The Labute approximate surface area is 229 Å². The zero-order valence-corrected chi connectivity index (χ0v) is 21.5. The van der Waals surface area contributed by atoms with Crippen molar-refractivity contribution in [3.8, 4) is 0 Å². The highest BCUT2D eigenvalue weighted by molar-refractivity contribution is 5.73. The van der Waals surface area contributed by atoms with Crippen LogP contribution in [0.25, 0.3) is 0 Å². The summed E-state index contributed by atoms with van der Waals surface area (Å²) in [6, 6.07) is 1.15. The van der Waals surface area contributed by atoms with Crippen molar-refractivity contribution < 1.29 is 65.9 Å². The molecule has 0 aromatic heterocycles. The van der Waals surface area contributed by atoms with E-state index >= 15 is 0 Å². The van der Waals surface area contributed by atoms with Crippen LogP contribution in [0.5, 0.6) is 0 Å². The highest BCUT2D eigenvalue weighted by Gasteiger charge is 2.36. The van der Waals surface area contributed by atoms with E-state index in [1.165, 1.54) is 0 Å². The zero-order valence-electron chi connectivity index (χ0n) is 21.5. The molecule has 1 aromatic carbocycles. The van der Waals surface area contributed by atoms with Gasteiger partial charge < -0.3 is 25.7 Å². The highest BCUT2D eigenvalue weighted by Crippen LogP contribution is 2.36. The summed E-state index contributed by atoms with van der Waals surface area (Å²) in [4.78, 5) is 48.0. The summed E-state index contributed by atoms with van der Waals surface area (Å²) in [6.45, 7) is -2.89. The second-order valence-corrected chi connectivity index (χ2v) is 8.93. The van der Waals surface area contributed by atoms with Crippen LogP contribution < -0.4 is 5.32 Å². The molecule has 1 rings (SSSR count). The fraction of sp³-hybridized carbons (Fsp3) is 0.565. The summed E-state index contributed by atoms with van der Waals surface area (Å²) in [5.41, 5.74) is -3.24. The van der Waals surface area contributed by atoms with Crippen molar-refractivity contribution in [2.24, 2.45) is 0 Å². The molecule has 0 unspecified atom stereocenters. The van der Waals surface area contributed by atoms with Gasteiger partial charge in [-0.05, 0) is 23.8 Å². The van der Waals surface area contributed by atoms with Gasteiger partial charge in [0.15, 0.2) is 0 Å². The first kappa shape index (κ1) is 35.5. The predicted octanol–water partition coefficient (Wildman–Crippen LogP) is 1.06. The molecule has 0 spiro atoms. The van der Waals surface area contributed by atoms with Crippen molar-refractivity contribution >= 4 is 23.9 Å². The molecule has 18 heteroatoms. The molecule has 5 N–H and O–H groups in total. The fourth-order valence-electron chi connectivity index (χ4n) is 3.69. The Hall–Kier alpha value is -3.48. The normalized spacial score (nSPS) is 12.3. The number of carbonyl (C=O) groups is 4. The Morgan fingerprint density at radius 2 is 0.927 bits per heavy atom. The molecule has 0 aliphatic heterocycles. The number of carboxylic acids is 4. The number of hydrogen-bond donors (Lipinski definition) is 5. The first-order valence-electron chi connectivity index (χ1n) is 11.9. The standard InChI is InChI=1S/C23H30F6N4O8/c24-22(25,26)16-7-15(8-17(9-16)23(27,28)29)10-30-1-2-31(3-5-32(11-18(34)35)12-19(36)37)4-6-33(13-20(38)39)14-21(40)41/h7-9,30H,1-6,10-14H2,(H,34,35)(H,36,37)(H,38,39)(H,40,41). The summed E-state index contributed by atoms with van der Waals surface area (Å²) in [5.74, 6) is -5.19. The summed E-state index contributed by atoms with van der Waals surface area (Å²) in [5, 5.41) is 38.8. The lowest BCUT2D eigenvalue weighted by molar-refractivity contribution is -0.144. The van der Waals surface area contributed by atoms with Gasteiger partial charge in [0.25, 0.3) is 0 Å². The van der Waals surface area contributed by atoms with Gasteiger partial charge in [0.2, 0.25) is 0 Å². The van der Waals surface area contributed by atoms with Crippen LogP contribution in [-0.4, -0.2) is 124 Å². The number of nitrogens with one attached hydrogen (secondary N) is 1. The van der Waals surface area contributed by atoms with Crippen LogP contribution in [0.4, 0.5) is 26.3 Å². The smallest absolute Gasteiger partial charge is 0.416 e. The Kier molecular flexibility index (Phi) is 13.9. The SMILES string of the molecule is O=C(O)CN(CCN(CCNCc1cc(C(F)(F)F)cc(C(F)(F)F)c1)CCN(CC(=O)O)CC(=O)O)CC(=O)O. The molecular weight excluding hydrogens is 574 g/mol. The lowest BCUT2D eigenvalue weighted by Gasteiger charge is -2.28. The van der Waals surface area contributed by atoms with Gasteiger partial charge in [-0.3, -0.25) is 33.9 Å². The molecular formula is C23H30F6N4O8. The highest BCUT2D eigenvalue weighted by atomic mass is 19.4. The van der Waals surface area contributed by atoms with Gasteiger partial charge in [0, 0.05) is 45.8 Å². The molecule has 0 aliphatic carbocycles. The minimum atomic E-state index is -5.01. The van der Waals surface area contributed by atoms with Crippen LogP contribution in [0, 0.1) is 0 Å². The van der Waals surface area contributed by atoms with Crippen LogP contribution in [0.2, 0.25) is 0 Å². The van der Waals surface area contributed by atoms with E-state index in [9.17, 15) is 45.5 Å². The van der Waals surface area contributed by atoms with E-state index in [0.29, 0.717) is 12.1 Å². The number of benzene rings is 1. The molecule has 0 aliphatic rings. The molecule has 0 saturated carbocycles. The summed E-state index contributed by atoms with van der Waals surface area (Å²) < 4.78 is 78.6. The van der Waals surface area contributed by atoms with Crippen molar-refractivity contribution in [1.29, 1.82) is 0 Å². The van der Waals surface area contributed by atoms with E-state index in [1.807, 2.05) is 0 Å². The van der Waals surface area contributed by atoms with Crippen LogP contribution in [0.3, 0.4) is 0 Å². The van der Waals surface area contributed by atoms with Crippen LogP contribution in [0.15, 0.2) is 18.2 Å². The minimum Gasteiger partial charge on any atom is -0.480 e. The summed E-state index contributed by atoms with van der Waals surface area (Å²) in [6.07, 6.45) is -10.0. The van der Waals surface area contributed by atoms with Gasteiger partial charge in [-0.2, -0.15) is 26.3 Å². The molecule has 0 atom stereocenters. The number of aliphatic carboxylic acids is 4. The number of rotatable bonds is 19. The van der Waals surface area contributed by atoms with Crippen LogP contribution in [-0.2, 0) is 38.1 Å². The molecule has 0 fully saturated rings. The van der Waals surface area contributed by atoms with E-state index in [2.05, 4.69) is 5.32 Å². The first-order chi connectivity index (χ1) is 18.9. The lowest BCUT2D eigenvalue weighted by atomic mass is 10.0. The largest absolute Gasteiger partial charge is 0.480 e. The van der Waals surface area contributed by atoms with Crippen molar-refractivity contribution in [2.45, 2.75) is 18.9 Å². The maximum Gasteiger partial charge on any atom is 0.416 e. The van der Waals surface area contributed by atoms with Crippen molar-refractivity contribution in [3.05, 3.63) is 34.9 Å². The van der Waals surface area contributed by atoms with E-state index < -0.39 is 73.5 Å². The van der Waals surface area contributed by atoms with Crippen LogP contribution in [0.1, 0.15) is 16.7 Å². The topological polar surface area (TPSA) is 171 Å². The molecule has 12 nitrogen and oxygen atoms in total. The average Bonchev–Trinajstić information content (AvgIpc) is 2.79. The maximum absolute atomic E-state index is 13.1. The molecule has 0 radical (unpaired) electrons. The first-order valence-corrected chi connectivity index (χ1v) is 11.9. The van der Waals surface area contributed by atoms with Gasteiger partial charge in [0.1, 0.15) is 0 Å². The van der Waals surface area contributed by atoms with Crippen molar-refractivity contribution in [3.63, 3.8) is 0 Å². The van der Waals surface area contributed by atoms with Crippen LogP contribution >= 0.6 is 0 Å². The van der Waals surface area contributed by atoms with Gasteiger partial charge in [-0.1, -0.05) is 0 Å². The molecule has 0 heterocycles. The molecule has 1 aromatic rings. The van der Waals surface area contributed by atoms with Gasteiger partial charge in [-0.15, -0.1) is 0 Å². The molecule has 0 bridgehead atoms. The third-order valence-electron chi connectivity index (χ3n) is 5.48. The van der Waals surface area contributed by atoms with Gasteiger partial charge >= 0.3 is 36.2 Å². The number of halogens is 6. The third kappa shape index (κ3) is 15.2. The monoisotopic (exact) mass is 604 g/mol. The Bertz CT molecular complexity index is 950. The second kappa shape index (κ2) is 16.1. The predicted molar refractivity (Wildman–Crippen MR) is 128 cm³/mol. The Morgan fingerprint density at radius 1 is 0.585 bits per heavy atom. The molecule has 0 amide bonds. The second-order valence-electron chi connectivity index (χ2n) is 8.93.